The third-order valence-electron chi connectivity index (χ3n) is 6.92. The molecular weight excluding hydrogens is 461 g/mol. The molecule has 3 aliphatic heterocycles. The first-order valence-electron chi connectivity index (χ1n) is 11.4. The highest BCUT2D eigenvalue weighted by molar-refractivity contribution is 7.89. The van der Waals surface area contributed by atoms with Crippen LogP contribution in [0.3, 0.4) is 0 Å². The number of sulfonamides is 1. The van der Waals surface area contributed by atoms with Crippen LogP contribution in [0.2, 0.25) is 0 Å². The zero-order valence-electron chi connectivity index (χ0n) is 19.2. The maximum Gasteiger partial charge on any atom is 0.243 e. The highest BCUT2D eigenvalue weighted by Crippen LogP contribution is 2.38. The maximum atomic E-state index is 13.4. The summed E-state index contributed by atoms with van der Waals surface area (Å²) in [6.07, 6.45) is 0.903. The topological polar surface area (TPSA) is 88.2 Å². The Hall–Kier alpha value is -2.69. The van der Waals surface area contributed by atoms with Crippen molar-refractivity contribution in [3.63, 3.8) is 0 Å². The molecular formula is C24H28FN3O5S. The number of hydrogen-bond donors (Lipinski definition) is 1. The first-order chi connectivity index (χ1) is 16.2. The fraction of sp³-hybridized carbons (Fsp3) is 0.458. The molecule has 0 aromatic heterocycles. The minimum Gasteiger partial charge on any atom is -0.454 e. The van der Waals surface area contributed by atoms with Crippen LogP contribution in [0.15, 0.2) is 47.4 Å². The van der Waals surface area contributed by atoms with Crippen molar-refractivity contribution in [2.24, 2.45) is 5.92 Å². The highest BCUT2D eigenvalue weighted by atomic mass is 32.2. The third-order valence-corrected chi connectivity index (χ3v) is 8.83. The molecule has 0 radical (unpaired) electrons. The van der Waals surface area contributed by atoms with Crippen molar-refractivity contribution in [1.29, 1.82) is 0 Å². The van der Waals surface area contributed by atoms with Gasteiger partial charge in [0.2, 0.25) is 22.7 Å². The number of nitrogens with zero attached hydrogens (tertiary/aromatic N) is 2. The maximum absolute atomic E-state index is 13.4. The minimum atomic E-state index is -3.75. The van der Waals surface area contributed by atoms with E-state index < -0.39 is 21.5 Å². The van der Waals surface area contributed by atoms with Crippen LogP contribution in [0, 0.1) is 11.7 Å². The van der Waals surface area contributed by atoms with Crippen LogP contribution in [0.1, 0.15) is 32.3 Å². The number of carbonyl (C=O) groups is 1. The highest BCUT2D eigenvalue weighted by Gasteiger charge is 2.53. The molecule has 10 heteroatoms. The van der Waals surface area contributed by atoms with Gasteiger partial charge in [-0.05, 0) is 60.7 Å². The van der Waals surface area contributed by atoms with Crippen molar-refractivity contribution < 1.29 is 27.1 Å². The molecule has 5 rings (SSSR count). The molecule has 1 spiro atoms. The molecule has 1 N–H and O–H groups in total. The molecule has 1 amide bonds. The number of hydrogen-bond acceptors (Lipinski definition) is 6. The Morgan fingerprint density at radius 2 is 1.76 bits per heavy atom. The van der Waals surface area contributed by atoms with E-state index in [0.29, 0.717) is 30.9 Å². The predicted octanol–water partition coefficient (Wildman–Crippen LogP) is 2.69. The molecule has 8 nitrogen and oxygen atoms in total. The summed E-state index contributed by atoms with van der Waals surface area (Å²) in [4.78, 5) is 15.4. The second-order valence-corrected chi connectivity index (χ2v) is 11.3. The van der Waals surface area contributed by atoms with Gasteiger partial charge in [0.25, 0.3) is 0 Å². The van der Waals surface area contributed by atoms with E-state index in [9.17, 15) is 17.6 Å². The molecule has 0 unspecified atom stereocenters. The van der Waals surface area contributed by atoms with Crippen LogP contribution >= 0.6 is 0 Å². The minimum absolute atomic E-state index is 0.0162. The van der Waals surface area contributed by atoms with E-state index in [1.54, 1.807) is 0 Å². The van der Waals surface area contributed by atoms with Gasteiger partial charge in [0.15, 0.2) is 11.5 Å². The first-order valence-corrected chi connectivity index (χ1v) is 12.9. The van der Waals surface area contributed by atoms with Gasteiger partial charge in [-0.15, -0.1) is 0 Å². The van der Waals surface area contributed by atoms with Crippen molar-refractivity contribution in [3.8, 4) is 11.5 Å². The van der Waals surface area contributed by atoms with Crippen LogP contribution in [0.25, 0.3) is 0 Å². The standard InChI is InChI=1S/C24H28FN3O5S/c1-16(2)22-23(29)28(14-17-3-8-20-21(13-17)33-15-32-20)24(26-22)9-11-27(12-10-24)34(30,31)19-6-4-18(25)5-7-19/h3-8,13,16,22,26H,9-12,14-15H2,1-2H3/t22-/m1/s1. The molecule has 0 bridgehead atoms. The van der Waals surface area contributed by atoms with Crippen LogP contribution in [-0.2, 0) is 21.4 Å². The largest absolute Gasteiger partial charge is 0.454 e. The first kappa shape index (κ1) is 23.1. The molecule has 2 fully saturated rings. The van der Waals surface area contributed by atoms with Gasteiger partial charge in [-0.1, -0.05) is 19.9 Å². The molecule has 182 valence electrons. The van der Waals surface area contributed by atoms with Gasteiger partial charge in [-0.2, -0.15) is 4.31 Å². The average molecular weight is 490 g/mol. The summed E-state index contributed by atoms with van der Waals surface area (Å²) in [5, 5.41) is 3.55. The van der Waals surface area contributed by atoms with Gasteiger partial charge >= 0.3 is 0 Å². The van der Waals surface area contributed by atoms with E-state index in [1.165, 1.54) is 16.4 Å². The van der Waals surface area contributed by atoms with Crippen LogP contribution in [0.4, 0.5) is 4.39 Å². The van der Waals surface area contributed by atoms with Gasteiger partial charge in [0, 0.05) is 19.6 Å². The molecule has 34 heavy (non-hydrogen) atoms. The lowest BCUT2D eigenvalue weighted by atomic mass is 9.96. The number of piperidine rings is 1. The second kappa shape index (κ2) is 8.51. The molecule has 3 heterocycles. The van der Waals surface area contributed by atoms with E-state index in [0.717, 1.165) is 17.7 Å². The van der Waals surface area contributed by atoms with Gasteiger partial charge in [-0.25, -0.2) is 12.8 Å². The summed E-state index contributed by atoms with van der Waals surface area (Å²) in [5.74, 6) is 0.967. The van der Waals surface area contributed by atoms with E-state index in [-0.39, 0.29) is 42.6 Å². The summed E-state index contributed by atoms with van der Waals surface area (Å²) in [7, 11) is -3.75. The summed E-state index contributed by atoms with van der Waals surface area (Å²) in [6.45, 7) is 5.07. The fourth-order valence-corrected chi connectivity index (χ4v) is 6.42. The quantitative estimate of drug-likeness (QED) is 0.695. The van der Waals surface area contributed by atoms with E-state index in [1.807, 2.05) is 36.9 Å². The molecule has 2 aromatic carbocycles. The zero-order valence-corrected chi connectivity index (χ0v) is 20.0. The number of amides is 1. The number of halogens is 1. The Morgan fingerprint density at radius 3 is 2.44 bits per heavy atom. The molecule has 0 aliphatic carbocycles. The SMILES string of the molecule is CC(C)[C@H]1NC2(CCN(S(=O)(=O)c3ccc(F)cc3)CC2)N(Cc2ccc3c(c2)OCO3)C1=O. The van der Waals surface area contributed by atoms with Crippen molar-refractivity contribution in [1.82, 2.24) is 14.5 Å². The summed E-state index contributed by atoms with van der Waals surface area (Å²) in [5.41, 5.74) is 0.279. The number of ether oxygens (including phenoxy) is 2. The zero-order chi connectivity index (χ0) is 24.1. The third kappa shape index (κ3) is 3.93. The van der Waals surface area contributed by atoms with Gasteiger partial charge in [0.05, 0.1) is 16.6 Å². The lowest BCUT2D eigenvalue weighted by Crippen LogP contribution is -2.59. The molecule has 1 atom stereocenters. The van der Waals surface area contributed by atoms with E-state index in [2.05, 4.69) is 5.32 Å². The molecule has 2 saturated heterocycles. The monoisotopic (exact) mass is 489 g/mol. The number of rotatable bonds is 5. The lowest BCUT2D eigenvalue weighted by Gasteiger charge is -2.44. The van der Waals surface area contributed by atoms with Gasteiger partial charge in [0.1, 0.15) is 5.82 Å². The van der Waals surface area contributed by atoms with Crippen LogP contribution in [-0.4, -0.2) is 55.1 Å². The molecule has 0 saturated carbocycles. The Bertz CT molecular complexity index is 1190. The summed E-state index contributed by atoms with van der Waals surface area (Å²) < 4.78 is 51.8. The summed E-state index contributed by atoms with van der Waals surface area (Å²) >= 11 is 0. The van der Waals surface area contributed by atoms with Gasteiger partial charge in [-0.3, -0.25) is 10.1 Å². The van der Waals surface area contributed by atoms with Crippen LogP contribution in [0.5, 0.6) is 11.5 Å². The number of fused-ring (bicyclic) bond motifs is 1. The Kier molecular flexibility index (Phi) is 5.78. The fourth-order valence-electron chi connectivity index (χ4n) is 4.98. The van der Waals surface area contributed by atoms with E-state index in [4.69, 9.17) is 9.47 Å². The average Bonchev–Trinajstić information content (AvgIpc) is 3.38. The molecule has 2 aromatic rings. The predicted molar refractivity (Wildman–Crippen MR) is 122 cm³/mol. The van der Waals surface area contributed by atoms with Crippen molar-refractivity contribution in [3.05, 3.63) is 53.8 Å². The van der Waals surface area contributed by atoms with Crippen molar-refractivity contribution in [2.75, 3.05) is 19.9 Å². The van der Waals surface area contributed by atoms with E-state index >= 15 is 0 Å². The number of nitrogens with one attached hydrogen (secondary N) is 1. The smallest absolute Gasteiger partial charge is 0.243 e. The molecule has 3 aliphatic rings. The normalized spacial score (nSPS) is 22.2. The number of benzene rings is 2. The Labute approximate surface area is 198 Å². The van der Waals surface area contributed by atoms with Crippen molar-refractivity contribution >= 4 is 15.9 Å². The Morgan fingerprint density at radius 1 is 1.09 bits per heavy atom. The summed E-state index contributed by atoms with van der Waals surface area (Å²) in [6, 6.07) is 10.2. The number of carbonyl (C=O) groups excluding carboxylic acids is 1. The second-order valence-electron chi connectivity index (χ2n) is 9.37. The lowest BCUT2D eigenvalue weighted by molar-refractivity contribution is -0.134. The van der Waals surface area contributed by atoms with Gasteiger partial charge < -0.3 is 14.4 Å². The van der Waals surface area contributed by atoms with Crippen LogP contribution < -0.4 is 14.8 Å². The van der Waals surface area contributed by atoms with Crippen molar-refractivity contribution in [2.45, 2.75) is 49.8 Å². The Balaban J connectivity index is 1.38.